The van der Waals surface area contributed by atoms with E-state index < -0.39 is 5.60 Å². The summed E-state index contributed by atoms with van der Waals surface area (Å²) >= 11 is 0. The van der Waals surface area contributed by atoms with Crippen LogP contribution in [-0.2, 0) is 9.53 Å². The highest BCUT2D eigenvalue weighted by molar-refractivity contribution is 5.75. The highest BCUT2D eigenvalue weighted by Crippen LogP contribution is 2.15. The molecule has 0 radical (unpaired) electrons. The average molecular weight is 170 g/mol. The lowest BCUT2D eigenvalue weighted by molar-refractivity contribution is -0.157. The van der Waals surface area contributed by atoms with Gasteiger partial charge in [-0.3, -0.25) is 4.79 Å². The van der Waals surface area contributed by atoms with Crippen LogP contribution in [0.3, 0.4) is 0 Å². The van der Waals surface area contributed by atoms with Gasteiger partial charge >= 0.3 is 5.97 Å². The molecule has 0 rings (SSSR count). The highest BCUT2D eigenvalue weighted by Gasteiger charge is 2.21. The molecule has 0 bridgehead atoms. The second-order valence-electron chi connectivity index (χ2n) is 4.10. The zero-order valence-electron chi connectivity index (χ0n) is 8.60. The van der Waals surface area contributed by atoms with Crippen LogP contribution in [0.15, 0.2) is 12.2 Å². The van der Waals surface area contributed by atoms with Gasteiger partial charge < -0.3 is 4.74 Å². The Kier molecular flexibility index (Phi) is 3.50. The van der Waals surface area contributed by atoms with Gasteiger partial charge in [0, 0.05) is 0 Å². The van der Waals surface area contributed by atoms with Crippen LogP contribution in [0.25, 0.3) is 0 Å². The largest absolute Gasteiger partial charge is 0.460 e. The molecule has 0 aromatic heterocycles. The van der Waals surface area contributed by atoms with Gasteiger partial charge in [0.2, 0.25) is 0 Å². The molecule has 0 aliphatic rings. The summed E-state index contributed by atoms with van der Waals surface area (Å²) in [5.74, 6) is -0.403. The van der Waals surface area contributed by atoms with Gasteiger partial charge in [0.1, 0.15) is 5.60 Å². The predicted molar refractivity (Wildman–Crippen MR) is 49.8 cm³/mol. The van der Waals surface area contributed by atoms with Crippen LogP contribution in [0.5, 0.6) is 0 Å². The molecule has 0 N–H and O–H groups in total. The minimum absolute atomic E-state index is 0.199. The van der Waals surface area contributed by atoms with E-state index in [0.29, 0.717) is 0 Å². The summed E-state index contributed by atoms with van der Waals surface area (Å²) in [5.41, 5.74) is 0.435. The first-order chi connectivity index (χ1) is 5.24. The predicted octanol–water partition coefficient (Wildman–Crippen LogP) is 2.54. The highest BCUT2D eigenvalue weighted by atomic mass is 16.6. The molecule has 0 aliphatic carbocycles. The van der Waals surface area contributed by atoms with Crippen molar-refractivity contribution < 1.29 is 9.53 Å². The van der Waals surface area contributed by atoms with Gasteiger partial charge in [-0.15, -0.1) is 0 Å². The monoisotopic (exact) mass is 170 g/mol. The van der Waals surface area contributed by atoms with E-state index in [1.54, 1.807) is 6.92 Å². The van der Waals surface area contributed by atoms with Crippen molar-refractivity contribution >= 4 is 5.97 Å². The van der Waals surface area contributed by atoms with Crippen LogP contribution >= 0.6 is 0 Å². The first-order valence-electron chi connectivity index (χ1n) is 4.12. The van der Waals surface area contributed by atoms with Crippen LogP contribution in [0, 0.1) is 5.92 Å². The molecule has 0 heterocycles. The normalized spacial score (nSPS) is 13.8. The van der Waals surface area contributed by atoms with E-state index in [1.807, 2.05) is 27.7 Å². The van der Waals surface area contributed by atoms with Gasteiger partial charge in [0.25, 0.3) is 0 Å². The maximum Gasteiger partial charge on any atom is 0.313 e. The summed E-state index contributed by atoms with van der Waals surface area (Å²) in [5, 5.41) is 0. The molecule has 1 unspecified atom stereocenters. The number of ether oxygens (including phenoxy) is 1. The lowest BCUT2D eigenvalue weighted by Gasteiger charge is -2.22. The van der Waals surface area contributed by atoms with E-state index in [2.05, 4.69) is 6.58 Å². The fraction of sp³-hybridized carbons (Fsp3) is 0.700. The molecule has 0 amide bonds. The van der Waals surface area contributed by atoms with Crippen molar-refractivity contribution in [2.24, 2.45) is 5.92 Å². The SMILES string of the molecule is C=C(C)C(C)C(=O)OC(C)(C)C. The van der Waals surface area contributed by atoms with E-state index in [0.717, 1.165) is 5.57 Å². The third kappa shape index (κ3) is 4.16. The van der Waals surface area contributed by atoms with Gasteiger partial charge in [-0.2, -0.15) is 0 Å². The van der Waals surface area contributed by atoms with Gasteiger partial charge in [-0.05, 0) is 34.6 Å². The van der Waals surface area contributed by atoms with Crippen LogP contribution in [0.4, 0.5) is 0 Å². The molecular formula is C10H18O2. The second-order valence-corrected chi connectivity index (χ2v) is 4.10. The number of esters is 1. The van der Waals surface area contributed by atoms with Crippen LogP contribution < -0.4 is 0 Å². The lowest BCUT2D eigenvalue weighted by atomic mass is 10.0. The third-order valence-corrected chi connectivity index (χ3v) is 1.50. The van der Waals surface area contributed by atoms with E-state index in [-0.39, 0.29) is 11.9 Å². The molecule has 1 atom stereocenters. The van der Waals surface area contributed by atoms with E-state index in [1.165, 1.54) is 0 Å². The van der Waals surface area contributed by atoms with Crippen LogP contribution in [0.2, 0.25) is 0 Å². The standard InChI is InChI=1S/C10H18O2/c1-7(2)8(3)9(11)12-10(4,5)6/h8H,1H2,2-6H3. The summed E-state index contributed by atoms with van der Waals surface area (Å²) in [6.45, 7) is 12.9. The first kappa shape index (κ1) is 11.2. The number of carbonyl (C=O) groups excluding carboxylic acids is 1. The van der Waals surface area contributed by atoms with Crippen molar-refractivity contribution in [3.63, 3.8) is 0 Å². The second kappa shape index (κ2) is 3.74. The third-order valence-electron chi connectivity index (χ3n) is 1.50. The molecule has 2 nitrogen and oxygen atoms in total. The van der Waals surface area contributed by atoms with Crippen molar-refractivity contribution in [2.75, 3.05) is 0 Å². The number of rotatable bonds is 2. The van der Waals surface area contributed by atoms with Gasteiger partial charge in [-0.1, -0.05) is 12.2 Å². The van der Waals surface area contributed by atoms with Crippen molar-refractivity contribution in [1.29, 1.82) is 0 Å². The molecule has 2 heteroatoms. The molecule has 0 aromatic carbocycles. The molecule has 70 valence electrons. The van der Waals surface area contributed by atoms with E-state index in [9.17, 15) is 4.79 Å². The fourth-order valence-corrected chi connectivity index (χ4v) is 0.591. The molecule has 0 fully saturated rings. The maximum absolute atomic E-state index is 11.3. The Bertz CT molecular complexity index is 187. The molecular weight excluding hydrogens is 152 g/mol. The maximum atomic E-state index is 11.3. The number of hydrogen-bond donors (Lipinski definition) is 0. The minimum atomic E-state index is -0.402. The van der Waals surface area contributed by atoms with Crippen LogP contribution in [-0.4, -0.2) is 11.6 Å². The summed E-state index contributed by atoms with van der Waals surface area (Å²) in [4.78, 5) is 11.3. The summed E-state index contributed by atoms with van der Waals surface area (Å²) in [6, 6.07) is 0. The van der Waals surface area contributed by atoms with E-state index in [4.69, 9.17) is 4.74 Å². The van der Waals surface area contributed by atoms with Gasteiger partial charge in [0.05, 0.1) is 5.92 Å². The van der Waals surface area contributed by atoms with E-state index >= 15 is 0 Å². The quantitative estimate of drug-likeness (QED) is 0.470. The Hall–Kier alpha value is -0.790. The smallest absolute Gasteiger partial charge is 0.313 e. The lowest BCUT2D eigenvalue weighted by Crippen LogP contribution is -2.27. The Balaban J connectivity index is 4.15. The zero-order chi connectivity index (χ0) is 9.94. The minimum Gasteiger partial charge on any atom is -0.460 e. The Morgan fingerprint density at radius 2 is 1.83 bits per heavy atom. The molecule has 0 spiro atoms. The Morgan fingerprint density at radius 3 is 2.08 bits per heavy atom. The Labute approximate surface area is 74.6 Å². The molecule has 0 aromatic rings. The summed E-state index contributed by atoms with van der Waals surface area (Å²) in [7, 11) is 0. The Morgan fingerprint density at radius 1 is 1.42 bits per heavy atom. The van der Waals surface area contributed by atoms with Crippen molar-refractivity contribution in [3.8, 4) is 0 Å². The average Bonchev–Trinajstić information content (AvgIpc) is 1.82. The molecule has 0 saturated carbocycles. The van der Waals surface area contributed by atoms with Gasteiger partial charge in [0.15, 0.2) is 0 Å². The molecule has 0 saturated heterocycles. The van der Waals surface area contributed by atoms with Crippen molar-refractivity contribution in [1.82, 2.24) is 0 Å². The molecule has 0 aliphatic heterocycles. The number of hydrogen-bond acceptors (Lipinski definition) is 2. The van der Waals surface area contributed by atoms with Crippen molar-refractivity contribution in [3.05, 3.63) is 12.2 Å². The van der Waals surface area contributed by atoms with Crippen LogP contribution in [0.1, 0.15) is 34.6 Å². The summed E-state index contributed by atoms with van der Waals surface area (Å²) < 4.78 is 5.16. The van der Waals surface area contributed by atoms with Crippen molar-refractivity contribution in [2.45, 2.75) is 40.2 Å². The number of carbonyl (C=O) groups is 1. The first-order valence-corrected chi connectivity index (χ1v) is 4.12. The van der Waals surface area contributed by atoms with Gasteiger partial charge in [-0.25, -0.2) is 0 Å². The topological polar surface area (TPSA) is 26.3 Å². The zero-order valence-corrected chi connectivity index (χ0v) is 8.60. The molecule has 12 heavy (non-hydrogen) atoms. The summed E-state index contributed by atoms with van der Waals surface area (Å²) in [6.07, 6.45) is 0. The fourth-order valence-electron chi connectivity index (χ4n) is 0.591.